The van der Waals surface area contributed by atoms with Gasteiger partial charge < -0.3 is 15.2 Å². The highest BCUT2D eigenvalue weighted by molar-refractivity contribution is 5.41. The van der Waals surface area contributed by atoms with Crippen LogP contribution in [0.1, 0.15) is 37.8 Å². The molecule has 0 heterocycles. The van der Waals surface area contributed by atoms with Gasteiger partial charge in [-0.25, -0.2) is 0 Å². The van der Waals surface area contributed by atoms with E-state index < -0.39 is 0 Å². The summed E-state index contributed by atoms with van der Waals surface area (Å²) in [5, 5.41) is 0. The van der Waals surface area contributed by atoms with Crippen molar-refractivity contribution >= 4 is 0 Å². The first-order valence-electron chi connectivity index (χ1n) is 7.08. The Balaban J connectivity index is 2.79. The molecule has 108 valence electrons. The topological polar surface area (TPSA) is 44.5 Å². The molecule has 0 amide bonds. The van der Waals surface area contributed by atoms with Crippen molar-refractivity contribution in [3.05, 3.63) is 29.3 Å². The number of aryl methyl sites for hydroxylation is 1. The number of rotatable bonds is 8. The van der Waals surface area contributed by atoms with Gasteiger partial charge in [-0.1, -0.05) is 25.1 Å². The SMILES string of the molecule is CCC(N)Cc1cccc(C)c1OC(C)CCOC. The lowest BCUT2D eigenvalue weighted by atomic mass is 10.0. The molecule has 2 unspecified atom stereocenters. The van der Waals surface area contributed by atoms with Crippen LogP contribution < -0.4 is 10.5 Å². The predicted molar refractivity (Wildman–Crippen MR) is 79.7 cm³/mol. The van der Waals surface area contributed by atoms with Gasteiger partial charge in [0.05, 0.1) is 6.10 Å². The average molecular weight is 265 g/mol. The van der Waals surface area contributed by atoms with E-state index in [0.717, 1.165) is 31.6 Å². The molecular formula is C16H27NO2. The van der Waals surface area contributed by atoms with Gasteiger partial charge in [-0.3, -0.25) is 0 Å². The Bertz CT molecular complexity index is 379. The fourth-order valence-electron chi connectivity index (χ4n) is 2.01. The summed E-state index contributed by atoms with van der Waals surface area (Å²) in [7, 11) is 1.71. The van der Waals surface area contributed by atoms with Crippen molar-refractivity contribution in [3.8, 4) is 5.75 Å². The van der Waals surface area contributed by atoms with E-state index in [1.165, 1.54) is 11.1 Å². The zero-order valence-electron chi connectivity index (χ0n) is 12.6. The van der Waals surface area contributed by atoms with Crippen LogP contribution in [0.15, 0.2) is 18.2 Å². The summed E-state index contributed by atoms with van der Waals surface area (Å²) in [4.78, 5) is 0. The minimum absolute atomic E-state index is 0.151. The lowest BCUT2D eigenvalue weighted by Gasteiger charge is -2.20. The number of ether oxygens (including phenoxy) is 2. The summed E-state index contributed by atoms with van der Waals surface area (Å²) in [5.74, 6) is 0.995. The third kappa shape index (κ3) is 5.21. The zero-order valence-corrected chi connectivity index (χ0v) is 12.6. The molecule has 0 bridgehead atoms. The molecule has 0 radical (unpaired) electrons. The predicted octanol–water partition coefficient (Wildman–Crippen LogP) is 3.08. The maximum absolute atomic E-state index is 6.09. The summed E-state index contributed by atoms with van der Waals surface area (Å²) in [6.07, 6.45) is 2.89. The van der Waals surface area contributed by atoms with Gasteiger partial charge in [0.15, 0.2) is 0 Å². The summed E-state index contributed by atoms with van der Waals surface area (Å²) in [6, 6.07) is 6.46. The molecule has 0 aliphatic rings. The number of para-hydroxylation sites is 1. The second-order valence-electron chi connectivity index (χ2n) is 5.15. The largest absolute Gasteiger partial charge is 0.490 e. The van der Waals surface area contributed by atoms with Crippen LogP contribution in [0.5, 0.6) is 5.75 Å². The Morgan fingerprint density at radius 3 is 2.68 bits per heavy atom. The van der Waals surface area contributed by atoms with Crippen molar-refractivity contribution in [2.24, 2.45) is 5.73 Å². The van der Waals surface area contributed by atoms with Gasteiger partial charge in [-0.05, 0) is 37.8 Å². The van der Waals surface area contributed by atoms with Crippen molar-refractivity contribution in [3.63, 3.8) is 0 Å². The highest BCUT2D eigenvalue weighted by atomic mass is 16.5. The van der Waals surface area contributed by atoms with E-state index in [4.69, 9.17) is 15.2 Å². The van der Waals surface area contributed by atoms with E-state index in [0.29, 0.717) is 0 Å². The van der Waals surface area contributed by atoms with Crippen molar-refractivity contribution in [1.82, 2.24) is 0 Å². The zero-order chi connectivity index (χ0) is 14.3. The maximum atomic E-state index is 6.09. The summed E-state index contributed by atoms with van der Waals surface area (Å²) >= 11 is 0. The Labute approximate surface area is 117 Å². The van der Waals surface area contributed by atoms with Gasteiger partial charge >= 0.3 is 0 Å². The van der Waals surface area contributed by atoms with E-state index in [2.05, 4.69) is 39.0 Å². The van der Waals surface area contributed by atoms with Gasteiger partial charge in [0.1, 0.15) is 5.75 Å². The lowest BCUT2D eigenvalue weighted by molar-refractivity contribution is 0.134. The summed E-state index contributed by atoms with van der Waals surface area (Å²) in [6.45, 7) is 6.99. The fraction of sp³-hybridized carbons (Fsp3) is 0.625. The first kappa shape index (κ1) is 16.0. The molecule has 0 fully saturated rings. The Morgan fingerprint density at radius 1 is 1.32 bits per heavy atom. The normalized spacial score (nSPS) is 14.2. The van der Waals surface area contributed by atoms with Crippen molar-refractivity contribution in [2.75, 3.05) is 13.7 Å². The molecule has 3 nitrogen and oxygen atoms in total. The van der Waals surface area contributed by atoms with Gasteiger partial charge in [0, 0.05) is 26.2 Å². The number of benzene rings is 1. The minimum atomic E-state index is 0.151. The molecule has 0 aliphatic carbocycles. The number of nitrogens with two attached hydrogens (primary N) is 1. The lowest BCUT2D eigenvalue weighted by Crippen LogP contribution is -2.23. The molecule has 0 aliphatic heterocycles. The molecular weight excluding hydrogens is 238 g/mol. The molecule has 0 saturated heterocycles. The van der Waals surface area contributed by atoms with Crippen LogP contribution in [0.4, 0.5) is 0 Å². The van der Waals surface area contributed by atoms with Gasteiger partial charge in [-0.2, -0.15) is 0 Å². The number of hydrogen-bond donors (Lipinski definition) is 1. The van der Waals surface area contributed by atoms with E-state index >= 15 is 0 Å². The van der Waals surface area contributed by atoms with Gasteiger partial charge in [0.25, 0.3) is 0 Å². The van der Waals surface area contributed by atoms with Crippen LogP contribution in [-0.2, 0) is 11.2 Å². The average Bonchev–Trinajstić information content (AvgIpc) is 2.40. The standard InChI is InChI=1S/C16H27NO2/c1-5-15(17)11-14-8-6-7-12(2)16(14)19-13(3)9-10-18-4/h6-8,13,15H,5,9-11,17H2,1-4H3. The molecule has 1 rings (SSSR count). The Hall–Kier alpha value is -1.06. The number of methoxy groups -OCH3 is 1. The third-order valence-corrected chi connectivity index (χ3v) is 3.35. The van der Waals surface area contributed by atoms with Crippen LogP contribution in [0.2, 0.25) is 0 Å². The second kappa shape index (κ2) is 8.18. The van der Waals surface area contributed by atoms with Crippen LogP contribution in [-0.4, -0.2) is 25.9 Å². The molecule has 2 N–H and O–H groups in total. The molecule has 0 spiro atoms. The molecule has 3 heteroatoms. The van der Waals surface area contributed by atoms with E-state index in [1.54, 1.807) is 7.11 Å². The Kier molecular flexibility index (Phi) is 6.89. The summed E-state index contributed by atoms with van der Waals surface area (Å²) in [5.41, 5.74) is 8.44. The first-order chi connectivity index (χ1) is 9.08. The molecule has 0 saturated carbocycles. The van der Waals surface area contributed by atoms with Gasteiger partial charge in [-0.15, -0.1) is 0 Å². The fourth-order valence-corrected chi connectivity index (χ4v) is 2.01. The first-order valence-corrected chi connectivity index (χ1v) is 7.08. The van der Waals surface area contributed by atoms with E-state index in [1.807, 2.05) is 0 Å². The van der Waals surface area contributed by atoms with Crippen molar-refractivity contribution in [1.29, 1.82) is 0 Å². The minimum Gasteiger partial charge on any atom is -0.490 e. The van der Waals surface area contributed by atoms with Crippen molar-refractivity contribution < 1.29 is 9.47 Å². The maximum Gasteiger partial charge on any atom is 0.125 e. The molecule has 2 atom stereocenters. The number of hydrogen-bond acceptors (Lipinski definition) is 3. The third-order valence-electron chi connectivity index (χ3n) is 3.35. The molecule has 19 heavy (non-hydrogen) atoms. The second-order valence-corrected chi connectivity index (χ2v) is 5.15. The quantitative estimate of drug-likeness (QED) is 0.785. The van der Waals surface area contributed by atoms with Crippen LogP contribution in [0.3, 0.4) is 0 Å². The Morgan fingerprint density at radius 2 is 2.05 bits per heavy atom. The van der Waals surface area contributed by atoms with Crippen LogP contribution in [0.25, 0.3) is 0 Å². The summed E-state index contributed by atoms with van der Waals surface area (Å²) < 4.78 is 11.2. The monoisotopic (exact) mass is 265 g/mol. The molecule has 1 aromatic rings. The van der Waals surface area contributed by atoms with Crippen LogP contribution >= 0.6 is 0 Å². The molecule has 1 aromatic carbocycles. The highest BCUT2D eigenvalue weighted by Crippen LogP contribution is 2.26. The smallest absolute Gasteiger partial charge is 0.125 e. The van der Waals surface area contributed by atoms with Crippen LogP contribution in [0, 0.1) is 6.92 Å². The van der Waals surface area contributed by atoms with Gasteiger partial charge in [0.2, 0.25) is 0 Å². The van der Waals surface area contributed by atoms with E-state index in [9.17, 15) is 0 Å². The van der Waals surface area contributed by atoms with Crippen molar-refractivity contribution in [2.45, 2.75) is 52.2 Å². The highest BCUT2D eigenvalue weighted by Gasteiger charge is 2.13. The molecule has 0 aromatic heterocycles. The van der Waals surface area contributed by atoms with E-state index in [-0.39, 0.29) is 12.1 Å².